The molecule has 26 heavy (non-hydrogen) atoms. The molecule has 0 bridgehead atoms. The largest absolute Gasteiger partial charge is 0.467 e. The number of nitrogens with one attached hydrogen (secondary N) is 1. The number of rotatable bonds is 6. The molecule has 3 rings (SSSR count). The lowest BCUT2D eigenvalue weighted by atomic mass is 10.1. The summed E-state index contributed by atoms with van der Waals surface area (Å²) < 4.78 is 18.4. The van der Waals surface area contributed by atoms with Crippen LogP contribution in [0.5, 0.6) is 0 Å². The third-order valence-corrected chi connectivity index (χ3v) is 3.80. The fraction of sp³-hybridized carbons (Fsp3) is 0.111. The Balaban J connectivity index is 2.01. The SMILES string of the molecule is COC(=O)C(c1cccc(F)c1)N(C=O)c1cc(-c2ccncc2)[nH]n1. The van der Waals surface area contributed by atoms with Crippen molar-refractivity contribution in [3.63, 3.8) is 0 Å². The van der Waals surface area contributed by atoms with Gasteiger partial charge < -0.3 is 4.74 Å². The van der Waals surface area contributed by atoms with Gasteiger partial charge in [0, 0.05) is 24.0 Å². The number of H-pyrrole nitrogens is 1. The van der Waals surface area contributed by atoms with E-state index in [1.54, 1.807) is 30.6 Å². The Morgan fingerprint density at radius 2 is 2.04 bits per heavy atom. The van der Waals surface area contributed by atoms with E-state index in [9.17, 15) is 14.0 Å². The number of anilines is 1. The van der Waals surface area contributed by atoms with Gasteiger partial charge in [-0.2, -0.15) is 5.10 Å². The van der Waals surface area contributed by atoms with Gasteiger partial charge >= 0.3 is 5.97 Å². The number of hydrogen-bond acceptors (Lipinski definition) is 5. The van der Waals surface area contributed by atoms with E-state index in [0.29, 0.717) is 12.1 Å². The number of aromatic amines is 1. The van der Waals surface area contributed by atoms with E-state index in [0.717, 1.165) is 10.5 Å². The smallest absolute Gasteiger partial charge is 0.333 e. The Kier molecular flexibility index (Phi) is 5.02. The minimum absolute atomic E-state index is 0.200. The topological polar surface area (TPSA) is 88.2 Å². The second-order valence-electron chi connectivity index (χ2n) is 5.37. The molecule has 3 aromatic rings. The zero-order valence-electron chi connectivity index (χ0n) is 13.8. The van der Waals surface area contributed by atoms with Crippen LogP contribution in [-0.2, 0) is 14.3 Å². The van der Waals surface area contributed by atoms with E-state index < -0.39 is 17.8 Å². The third kappa shape index (κ3) is 3.44. The standard InChI is InChI=1S/C18H15FN4O3/c1-26-18(25)17(13-3-2-4-14(19)9-13)23(11-24)16-10-15(21-22-16)12-5-7-20-8-6-12/h2-11,17H,1H3,(H,21,22). The molecule has 7 nitrogen and oxygen atoms in total. The van der Waals surface area contributed by atoms with E-state index in [1.807, 2.05) is 0 Å². The van der Waals surface area contributed by atoms with E-state index in [1.165, 1.54) is 31.4 Å². The van der Waals surface area contributed by atoms with Gasteiger partial charge in [0.15, 0.2) is 11.9 Å². The third-order valence-electron chi connectivity index (χ3n) is 3.80. The fourth-order valence-corrected chi connectivity index (χ4v) is 2.57. The number of nitrogens with zero attached hydrogens (tertiary/aromatic N) is 3. The number of esters is 1. The molecule has 1 aromatic carbocycles. The predicted octanol–water partition coefficient (Wildman–Crippen LogP) is 2.49. The first-order valence-electron chi connectivity index (χ1n) is 7.66. The van der Waals surface area contributed by atoms with Gasteiger partial charge in [-0.3, -0.25) is 19.8 Å². The highest BCUT2D eigenvalue weighted by Gasteiger charge is 2.31. The van der Waals surface area contributed by atoms with Gasteiger partial charge in [-0.15, -0.1) is 0 Å². The Morgan fingerprint density at radius 3 is 2.69 bits per heavy atom. The van der Waals surface area contributed by atoms with Gasteiger partial charge in [0.25, 0.3) is 0 Å². The molecule has 1 amide bonds. The minimum Gasteiger partial charge on any atom is -0.467 e. The summed E-state index contributed by atoms with van der Waals surface area (Å²) >= 11 is 0. The summed E-state index contributed by atoms with van der Waals surface area (Å²) in [6, 6.07) is 9.41. The van der Waals surface area contributed by atoms with Crippen molar-refractivity contribution in [3.05, 3.63) is 66.2 Å². The molecule has 2 aromatic heterocycles. The molecule has 0 saturated heterocycles. The molecule has 132 valence electrons. The molecule has 8 heteroatoms. The second kappa shape index (κ2) is 7.56. The minimum atomic E-state index is -1.17. The van der Waals surface area contributed by atoms with Crippen LogP contribution in [0.3, 0.4) is 0 Å². The van der Waals surface area contributed by atoms with Crippen LogP contribution in [0.25, 0.3) is 11.3 Å². The zero-order valence-corrected chi connectivity index (χ0v) is 13.8. The molecule has 0 saturated carbocycles. The van der Waals surface area contributed by atoms with Crippen LogP contribution >= 0.6 is 0 Å². The average molecular weight is 354 g/mol. The first kappa shape index (κ1) is 17.3. The molecule has 1 unspecified atom stereocenters. The molecular formula is C18H15FN4O3. The molecule has 0 radical (unpaired) electrons. The van der Waals surface area contributed by atoms with Crippen molar-refractivity contribution in [3.8, 4) is 11.3 Å². The van der Waals surface area contributed by atoms with Crippen LogP contribution in [-0.4, -0.2) is 34.7 Å². The van der Waals surface area contributed by atoms with Gasteiger partial charge in [0.05, 0.1) is 12.8 Å². The lowest BCUT2D eigenvalue weighted by Gasteiger charge is -2.24. The Morgan fingerprint density at radius 1 is 1.27 bits per heavy atom. The number of benzene rings is 1. The number of methoxy groups -OCH3 is 1. The van der Waals surface area contributed by atoms with Crippen molar-refractivity contribution < 1.29 is 18.7 Å². The summed E-state index contributed by atoms with van der Waals surface area (Å²) in [4.78, 5) is 29.0. The highest BCUT2D eigenvalue weighted by Crippen LogP contribution is 2.29. The zero-order chi connectivity index (χ0) is 18.5. The van der Waals surface area contributed by atoms with Crippen molar-refractivity contribution >= 4 is 18.2 Å². The number of aromatic nitrogens is 3. The van der Waals surface area contributed by atoms with Gasteiger partial charge in [0.2, 0.25) is 6.41 Å². The van der Waals surface area contributed by atoms with E-state index in [4.69, 9.17) is 4.74 Å². The maximum absolute atomic E-state index is 13.6. The quantitative estimate of drug-likeness (QED) is 0.543. The van der Waals surface area contributed by atoms with Crippen LogP contribution in [0.1, 0.15) is 11.6 Å². The van der Waals surface area contributed by atoms with Crippen molar-refractivity contribution in [2.75, 3.05) is 12.0 Å². The van der Waals surface area contributed by atoms with Crippen molar-refractivity contribution in [2.45, 2.75) is 6.04 Å². The van der Waals surface area contributed by atoms with E-state index >= 15 is 0 Å². The first-order valence-corrected chi connectivity index (χ1v) is 7.66. The molecule has 0 fully saturated rings. The van der Waals surface area contributed by atoms with Gasteiger partial charge in [-0.25, -0.2) is 9.18 Å². The molecule has 0 aliphatic rings. The van der Waals surface area contributed by atoms with Crippen LogP contribution < -0.4 is 4.90 Å². The molecule has 0 spiro atoms. The summed E-state index contributed by atoms with van der Waals surface area (Å²) in [5.74, 6) is -1.04. The van der Waals surface area contributed by atoms with Gasteiger partial charge in [0.1, 0.15) is 5.82 Å². The van der Waals surface area contributed by atoms with Crippen LogP contribution in [0.2, 0.25) is 0 Å². The second-order valence-corrected chi connectivity index (χ2v) is 5.37. The summed E-state index contributed by atoms with van der Waals surface area (Å²) in [5, 5.41) is 6.90. The van der Waals surface area contributed by atoms with Crippen molar-refractivity contribution in [1.82, 2.24) is 15.2 Å². The number of halogens is 1. The Bertz CT molecular complexity index is 914. The number of carbonyl (C=O) groups excluding carboxylic acids is 2. The average Bonchev–Trinajstić information content (AvgIpc) is 3.16. The molecule has 0 aliphatic carbocycles. The first-order chi connectivity index (χ1) is 12.6. The molecule has 0 aliphatic heterocycles. The number of carbonyl (C=O) groups is 2. The Labute approximate surface area is 148 Å². The number of ether oxygens (including phenoxy) is 1. The summed E-state index contributed by atoms with van der Waals surface area (Å²) in [6.07, 6.45) is 3.70. The maximum Gasteiger partial charge on any atom is 0.333 e. The highest BCUT2D eigenvalue weighted by atomic mass is 19.1. The van der Waals surface area contributed by atoms with Crippen LogP contribution in [0.15, 0.2) is 54.9 Å². The van der Waals surface area contributed by atoms with Crippen LogP contribution in [0.4, 0.5) is 10.2 Å². The molecule has 1 atom stereocenters. The number of amides is 1. The van der Waals surface area contributed by atoms with E-state index in [2.05, 4.69) is 15.2 Å². The number of hydrogen-bond donors (Lipinski definition) is 1. The lowest BCUT2D eigenvalue weighted by Crippen LogP contribution is -2.34. The van der Waals surface area contributed by atoms with Gasteiger partial charge in [-0.1, -0.05) is 12.1 Å². The summed E-state index contributed by atoms with van der Waals surface area (Å²) in [7, 11) is 1.20. The molecule has 1 N–H and O–H groups in total. The van der Waals surface area contributed by atoms with Crippen LogP contribution in [0, 0.1) is 5.82 Å². The van der Waals surface area contributed by atoms with Gasteiger partial charge in [-0.05, 0) is 29.8 Å². The maximum atomic E-state index is 13.6. The summed E-state index contributed by atoms with van der Waals surface area (Å²) in [6.45, 7) is 0. The Hall–Kier alpha value is -3.55. The van der Waals surface area contributed by atoms with Crippen molar-refractivity contribution in [1.29, 1.82) is 0 Å². The number of pyridine rings is 1. The predicted molar refractivity (Wildman–Crippen MR) is 91.5 cm³/mol. The normalized spacial score (nSPS) is 11.6. The van der Waals surface area contributed by atoms with E-state index in [-0.39, 0.29) is 11.4 Å². The lowest BCUT2D eigenvalue weighted by molar-refractivity contribution is -0.143. The van der Waals surface area contributed by atoms with Crippen molar-refractivity contribution in [2.24, 2.45) is 0 Å². The summed E-state index contributed by atoms with van der Waals surface area (Å²) in [5.41, 5.74) is 1.72. The molecular weight excluding hydrogens is 339 g/mol. The molecule has 2 heterocycles. The fourth-order valence-electron chi connectivity index (χ4n) is 2.57. The monoisotopic (exact) mass is 354 g/mol. The highest BCUT2D eigenvalue weighted by molar-refractivity contribution is 5.89.